The highest BCUT2D eigenvalue weighted by Crippen LogP contribution is 2.26. The molecule has 0 spiro atoms. The molecular formula is C28H27Cl2NO3. The minimum absolute atomic E-state index is 0.220. The van der Waals surface area contributed by atoms with Crippen LogP contribution in [0.3, 0.4) is 0 Å². The van der Waals surface area contributed by atoms with E-state index in [1.807, 2.05) is 12.1 Å². The van der Waals surface area contributed by atoms with E-state index >= 15 is 0 Å². The summed E-state index contributed by atoms with van der Waals surface area (Å²) in [5.74, 6) is -0.183. The maximum Gasteiger partial charge on any atom is 0.338 e. The molecule has 3 aromatic carbocycles. The van der Waals surface area contributed by atoms with Gasteiger partial charge in [0.05, 0.1) is 18.7 Å². The van der Waals surface area contributed by atoms with Gasteiger partial charge in [-0.3, -0.25) is 4.79 Å². The molecule has 0 N–H and O–H groups in total. The average molecular weight is 496 g/mol. The summed E-state index contributed by atoms with van der Waals surface area (Å²) in [6, 6.07) is 20.0. The number of ether oxygens (including phenoxy) is 1. The van der Waals surface area contributed by atoms with E-state index in [-0.39, 0.29) is 12.5 Å². The second-order valence-electron chi connectivity index (χ2n) is 8.08. The zero-order chi connectivity index (χ0) is 24.7. The van der Waals surface area contributed by atoms with Gasteiger partial charge in [-0.2, -0.15) is 0 Å². The van der Waals surface area contributed by atoms with Crippen LogP contribution >= 0.6 is 23.2 Å². The predicted octanol–water partition coefficient (Wildman–Crippen LogP) is 7.54. The van der Waals surface area contributed by atoms with Gasteiger partial charge in [-0.25, -0.2) is 4.79 Å². The molecule has 0 aromatic heterocycles. The second-order valence-corrected chi connectivity index (χ2v) is 8.93. The van der Waals surface area contributed by atoms with Gasteiger partial charge in [0, 0.05) is 21.8 Å². The first-order valence-corrected chi connectivity index (χ1v) is 11.8. The Labute approximate surface area is 210 Å². The van der Waals surface area contributed by atoms with Crippen molar-refractivity contribution < 1.29 is 14.3 Å². The molecule has 0 heterocycles. The van der Waals surface area contributed by atoms with Crippen LogP contribution in [-0.4, -0.2) is 18.5 Å². The van der Waals surface area contributed by atoms with E-state index in [0.29, 0.717) is 33.8 Å². The summed E-state index contributed by atoms with van der Waals surface area (Å²) in [4.78, 5) is 26.9. The molecule has 176 valence electrons. The van der Waals surface area contributed by atoms with Crippen LogP contribution in [0.5, 0.6) is 0 Å². The van der Waals surface area contributed by atoms with E-state index in [2.05, 4.69) is 26.0 Å². The molecule has 0 radical (unpaired) electrons. The quantitative estimate of drug-likeness (QED) is 0.239. The van der Waals surface area contributed by atoms with Gasteiger partial charge >= 0.3 is 5.97 Å². The van der Waals surface area contributed by atoms with Crippen LogP contribution in [0.4, 0.5) is 5.69 Å². The molecule has 0 saturated carbocycles. The smallest absolute Gasteiger partial charge is 0.338 e. The fourth-order valence-corrected chi connectivity index (χ4v) is 3.83. The number of nitrogens with zero attached hydrogens (tertiary/aromatic N) is 1. The van der Waals surface area contributed by atoms with Gasteiger partial charge in [0.1, 0.15) is 0 Å². The highest BCUT2D eigenvalue weighted by Gasteiger charge is 2.17. The van der Waals surface area contributed by atoms with E-state index in [9.17, 15) is 9.59 Å². The van der Waals surface area contributed by atoms with E-state index in [1.54, 1.807) is 60.4 Å². The number of esters is 1. The third-order valence-corrected chi connectivity index (χ3v) is 5.91. The molecule has 1 amide bonds. The number of benzene rings is 3. The molecule has 3 aromatic rings. The SMILES string of the molecule is CCOC(=O)c1ccc(N(Cc2ccc(Cl)cc2Cl)C(=O)/C=C/c2ccc(C(C)C)cc2)cc1. The molecule has 3 rings (SSSR count). The highest BCUT2D eigenvalue weighted by molar-refractivity contribution is 6.35. The standard InChI is InChI=1S/C28H27Cl2NO3/c1-4-34-28(33)22-11-14-25(15-12-22)31(18-23-10-13-24(29)17-26(23)30)27(32)16-7-20-5-8-21(9-6-20)19(2)3/h5-17,19H,4,18H2,1-3H3/b16-7+. The third kappa shape index (κ3) is 6.72. The number of amides is 1. The number of hydrogen-bond acceptors (Lipinski definition) is 3. The molecule has 0 unspecified atom stereocenters. The number of carbonyl (C=O) groups excluding carboxylic acids is 2. The van der Waals surface area contributed by atoms with Gasteiger partial charge in [0.25, 0.3) is 5.91 Å². The largest absolute Gasteiger partial charge is 0.462 e. The van der Waals surface area contributed by atoms with Crippen molar-refractivity contribution in [2.75, 3.05) is 11.5 Å². The maximum atomic E-state index is 13.3. The van der Waals surface area contributed by atoms with Gasteiger partial charge in [0.15, 0.2) is 0 Å². The summed E-state index contributed by atoms with van der Waals surface area (Å²) in [6.07, 6.45) is 3.32. The first kappa shape index (κ1) is 25.5. The fraction of sp³-hybridized carbons (Fsp3) is 0.214. The van der Waals surface area contributed by atoms with Gasteiger partial charge in [-0.05, 0) is 72.0 Å². The lowest BCUT2D eigenvalue weighted by Crippen LogP contribution is -2.28. The van der Waals surface area contributed by atoms with Gasteiger partial charge < -0.3 is 9.64 Å². The van der Waals surface area contributed by atoms with E-state index in [1.165, 1.54) is 11.6 Å². The van der Waals surface area contributed by atoms with Gasteiger partial charge in [-0.15, -0.1) is 0 Å². The molecule has 0 aliphatic rings. The van der Waals surface area contributed by atoms with Crippen molar-refractivity contribution in [2.45, 2.75) is 33.2 Å². The first-order chi connectivity index (χ1) is 16.3. The molecule has 0 fully saturated rings. The Hall–Kier alpha value is -3.08. The Morgan fingerprint density at radius 1 is 0.971 bits per heavy atom. The van der Waals surface area contributed by atoms with Crippen molar-refractivity contribution in [3.05, 3.63) is 105 Å². The maximum absolute atomic E-state index is 13.3. The molecule has 4 nitrogen and oxygen atoms in total. The summed E-state index contributed by atoms with van der Waals surface area (Å²) >= 11 is 12.4. The lowest BCUT2D eigenvalue weighted by molar-refractivity contribution is -0.114. The summed E-state index contributed by atoms with van der Waals surface area (Å²) in [6.45, 7) is 6.57. The van der Waals surface area contributed by atoms with Crippen LogP contribution in [0.2, 0.25) is 10.0 Å². The van der Waals surface area contributed by atoms with Crippen molar-refractivity contribution in [3.63, 3.8) is 0 Å². The van der Waals surface area contributed by atoms with Crippen molar-refractivity contribution in [3.8, 4) is 0 Å². The van der Waals surface area contributed by atoms with Crippen LogP contribution in [-0.2, 0) is 16.1 Å². The summed E-state index contributed by atoms with van der Waals surface area (Å²) in [5.41, 5.74) is 3.97. The monoisotopic (exact) mass is 495 g/mol. The van der Waals surface area contributed by atoms with Gasteiger partial charge in [-0.1, -0.05) is 67.4 Å². The molecule has 0 atom stereocenters. The Kier molecular flexibility index (Phi) is 8.91. The Balaban J connectivity index is 1.88. The topological polar surface area (TPSA) is 46.6 Å². The Morgan fingerprint density at radius 2 is 1.65 bits per heavy atom. The molecule has 0 aliphatic carbocycles. The van der Waals surface area contributed by atoms with Crippen LogP contribution in [0, 0.1) is 0 Å². The van der Waals surface area contributed by atoms with Crippen LogP contribution in [0.1, 0.15) is 53.7 Å². The first-order valence-electron chi connectivity index (χ1n) is 11.1. The van der Waals surface area contributed by atoms with Crippen molar-refractivity contribution in [2.24, 2.45) is 0 Å². The third-order valence-electron chi connectivity index (χ3n) is 5.32. The lowest BCUT2D eigenvalue weighted by atomic mass is 10.0. The Morgan fingerprint density at radius 3 is 2.24 bits per heavy atom. The Bertz CT molecular complexity index is 1170. The zero-order valence-electron chi connectivity index (χ0n) is 19.4. The number of rotatable bonds is 8. The minimum Gasteiger partial charge on any atom is -0.462 e. The van der Waals surface area contributed by atoms with Gasteiger partial charge in [0.2, 0.25) is 0 Å². The van der Waals surface area contributed by atoms with Crippen LogP contribution in [0.15, 0.2) is 72.8 Å². The van der Waals surface area contributed by atoms with E-state index in [4.69, 9.17) is 27.9 Å². The molecular weight excluding hydrogens is 469 g/mol. The number of carbonyl (C=O) groups is 2. The lowest BCUT2D eigenvalue weighted by Gasteiger charge is -2.22. The highest BCUT2D eigenvalue weighted by atomic mass is 35.5. The summed E-state index contributed by atoms with van der Waals surface area (Å²) in [5, 5.41) is 0.997. The number of anilines is 1. The molecule has 6 heteroatoms. The number of hydrogen-bond donors (Lipinski definition) is 0. The van der Waals surface area contributed by atoms with Crippen molar-refractivity contribution >= 4 is 46.8 Å². The molecule has 0 saturated heterocycles. The molecule has 0 aliphatic heterocycles. The second kappa shape index (κ2) is 11.9. The van der Waals surface area contributed by atoms with E-state index in [0.717, 1.165) is 11.1 Å². The number of halogens is 2. The summed E-state index contributed by atoms with van der Waals surface area (Å²) in [7, 11) is 0. The predicted molar refractivity (Wildman–Crippen MR) is 140 cm³/mol. The zero-order valence-corrected chi connectivity index (χ0v) is 20.9. The van der Waals surface area contributed by atoms with E-state index < -0.39 is 5.97 Å². The van der Waals surface area contributed by atoms with Crippen molar-refractivity contribution in [1.82, 2.24) is 0 Å². The fourth-order valence-electron chi connectivity index (χ4n) is 3.36. The molecule has 34 heavy (non-hydrogen) atoms. The van der Waals surface area contributed by atoms with Crippen LogP contribution < -0.4 is 4.90 Å². The van der Waals surface area contributed by atoms with Crippen LogP contribution in [0.25, 0.3) is 6.08 Å². The van der Waals surface area contributed by atoms with Crippen molar-refractivity contribution in [1.29, 1.82) is 0 Å². The molecule has 0 bridgehead atoms. The average Bonchev–Trinajstić information content (AvgIpc) is 2.82. The minimum atomic E-state index is -0.405. The normalized spacial score (nSPS) is 11.1. The summed E-state index contributed by atoms with van der Waals surface area (Å²) < 4.78 is 5.05.